The molecule has 2 unspecified atom stereocenters. The molecule has 2 aliphatic rings. The molecule has 2 nitrogen and oxygen atoms in total. The van der Waals surface area contributed by atoms with Gasteiger partial charge in [0, 0.05) is 18.1 Å². The van der Waals surface area contributed by atoms with Gasteiger partial charge in [-0.25, -0.2) is 0 Å². The van der Waals surface area contributed by atoms with Crippen molar-refractivity contribution in [1.82, 2.24) is 5.32 Å². The lowest BCUT2D eigenvalue weighted by Crippen LogP contribution is -2.43. The Morgan fingerprint density at radius 2 is 1.71 bits per heavy atom. The average Bonchev–Trinajstić information content (AvgIpc) is 2.56. The Morgan fingerprint density at radius 1 is 1.00 bits per heavy atom. The van der Waals surface area contributed by atoms with E-state index in [0.717, 1.165) is 18.0 Å². The zero-order valence-electron chi connectivity index (χ0n) is 9.34. The molecule has 3 N–H and O–H groups in total. The molecule has 2 heteroatoms. The van der Waals surface area contributed by atoms with Crippen molar-refractivity contribution < 1.29 is 0 Å². The van der Waals surface area contributed by atoms with Crippen molar-refractivity contribution in [2.24, 2.45) is 11.7 Å². The maximum Gasteiger partial charge on any atom is 0.00952 e. The fourth-order valence-electron chi connectivity index (χ4n) is 2.98. The maximum atomic E-state index is 5.90. The van der Waals surface area contributed by atoms with Crippen LogP contribution in [-0.2, 0) is 0 Å². The van der Waals surface area contributed by atoms with E-state index in [9.17, 15) is 0 Å². The van der Waals surface area contributed by atoms with Gasteiger partial charge >= 0.3 is 0 Å². The molecule has 0 spiro atoms. The highest BCUT2D eigenvalue weighted by atomic mass is 15.0. The molecule has 2 aliphatic carbocycles. The molecule has 0 heterocycles. The molecule has 82 valence electrons. The molecule has 2 saturated carbocycles. The van der Waals surface area contributed by atoms with Gasteiger partial charge in [0.05, 0.1) is 0 Å². The third-order valence-corrected chi connectivity index (χ3v) is 4.08. The van der Waals surface area contributed by atoms with Crippen molar-refractivity contribution in [1.29, 1.82) is 0 Å². The highest BCUT2D eigenvalue weighted by Gasteiger charge is 2.27. The van der Waals surface area contributed by atoms with E-state index in [1.165, 1.54) is 44.9 Å². The van der Waals surface area contributed by atoms with Crippen LogP contribution in [0, 0.1) is 5.92 Å². The highest BCUT2D eigenvalue weighted by Crippen LogP contribution is 2.27. The normalized spacial score (nSPS) is 44.1. The lowest BCUT2D eigenvalue weighted by molar-refractivity contribution is 0.292. The van der Waals surface area contributed by atoms with E-state index in [1.54, 1.807) is 0 Å². The van der Waals surface area contributed by atoms with E-state index < -0.39 is 0 Å². The average molecular weight is 196 g/mol. The molecule has 14 heavy (non-hydrogen) atoms. The highest BCUT2D eigenvalue weighted by molar-refractivity contribution is 4.86. The third kappa shape index (κ3) is 2.48. The minimum atomic E-state index is 0.481. The third-order valence-electron chi connectivity index (χ3n) is 4.08. The van der Waals surface area contributed by atoms with Gasteiger partial charge in [0.2, 0.25) is 0 Å². The van der Waals surface area contributed by atoms with Gasteiger partial charge in [-0.15, -0.1) is 0 Å². The summed E-state index contributed by atoms with van der Waals surface area (Å²) in [6, 6.07) is 2.05. The first-order valence-corrected chi connectivity index (χ1v) is 6.27. The minimum absolute atomic E-state index is 0.481. The summed E-state index contributed by atoms with van der Waals surface area (Å²) in [6.07, 6.45) is 9.27. The Hall–Kier alpha value is -0.0800. The van der Waals surface area contributed by atoms with Gasteiger partial charge in [0.15, 0.2) is 0 Å². The largest absolute Gasteiger partial charge is 0.328 e. The quantitative estimate of drug-likeness (QED) is 0.709. The molecule has 0 aromatic carbocycles. The number of rotatable bonds is 2. The SMILES string of the molecule is CC1CCCC1NC1CCC(N)CC1. The Bertz CT molecular complexity index is 173. The summed E-state index contributed by atoms with van der Waals surface area (Å²) in [4.78, 5) is 0. The van der Waals surface area contributed by atoms with Crippen LogP contribution < -0.4 is 11.1 Å². The van der Waals surface area contributed by atoms with Crippen molar-refractivity contribution in [2.75, 3.05) is 0 Å². The Kier molecular flexibility index (Phi) is 3.45. The van der Waals surface area contributed by atoms with E-state index in [-0.39, 0.29) is 0 Å². The maximum absolute atomic E-state index is 5.90. The second kappa shape index (κ2) is 4.63. The smallest absolute Gasteiger partial charge is 0.00952 e. The van der Waals surface area contributed by atoms with Crippen molar-refractivity contribution in [2.45, 2.75) is 70.0 Å². The van der Waals surface area contributed by atoms with Crippen LogP contribution in [0.1, 0.15) is 51.9 Å². The summed E-state index contributed by atoms with van der Waals surface area (Å²) in [6.45, 7) is 2.39. The zero-order valence-corrected chi connectivity index (χ0v) is 9.34. The van der Waals surface area contributed by atoms with E-state index >= 15 is 0 Å². The minimum Gasteiger partial charge on any atom is -0.328 e. The molecule has 0 radical (unpaired) electrons. The van der Waals surface area contributed by atoms with E-state index in [2.05, 4.69) is 12.2 Å². The van der Waals surface area contributed by atoms with Gasteiger partial charge in [-0.3, -0.25) is 0 Å². The molecule has 0 aliphatic heterocycles. The topological polar surface area (TPSA) is 38.0 Å². The summed E-state index contributed by atoms with van der Waals surface area (Å²) >= 11 is 0. The first-order valence-electron chi connectivity index (χ1n) is 6.27. The molecule has 0 aromatic rings. The molecule has 0 bridgehead atoms. The first kappa shape index (κ1) is 10.4. The number of hydrogen-bond acceptors (Lipinski definition) is 2. The van der Waals surface area contributed by atoms with Crippen LogP contribution in [-0.4, -0.2) is 18.1 Å². The summed E-state index contributed by atoms with van der Waals surface area (Å²) < 4.78 is 0. The second-order valence-electron chi connectivity index (χ2n) is 5.29. The van der Waals surface area contributed by atoms with Crippen LogP contribution in [0.25, 0.3) is 0 Å². The standard InChI is InChI=1S/C12H24N2/c1-9-3-2-4-12(9)14-11-7-5-10(13)6-8-11/h9-12,14H,2-8,13H2,1H3. The second-order valence-corrected chi connectivity index (χ2v) is 5.29. The van der Waals surface area contributed by atoms with Crippen LogP contribution in [0.2, 0.25) is 0 Å². The zero-order chi connectivity index (χ0) is 9.97. The molecule has 2 atom stereocenters. The van der Waals surface area contributed by atoms with Gasteiger partial charge < -0.3 is 11.1 Å². The van der Waals surface area contributed by atoms with Crippen molar-refractivity contribution in [3.05, 3.63) is 0 Å². The van der Waals surface area contributed by atoms with Crippen LogP contribution in [0.15, 0.2) is 0 Å². The lowest BCUT2D eigenvalue weighted by atomic mass is 9.90. The van der Waals surface area contributed by atoms with Crippen LogP contribution >= 0.6 is 0 Å². The summed E-state index contributed by atoms with van der Waals surface area (Å²) in [7, 11) is 0. The summed E-state index contributed by atoms with van der Waals surface area (Å²) in [5, 5.41) is 3.83. The molecular weight excluding hydrogens is 172 g/mol. The number of nitrogens with two attached hydrogens (primary N) is 1. The van der Waals surface area contributed by atoms with Crippen molar-refractivity contribution in [3.63, 3.8) is 0 Å². The molecule has 0 saturated heterocycles. The Labute approximate surface area is 87.6 Å². The number of hydrogen-bond donors (Lipinski definition) is 2. The predicted octanol–water partition coefficient (Wildman–Crippen LogP) is 2.03. The van der Waals surface area contributed by atoms with Gasteiger partial charge in [-0.2, -0.15) is 0 Å². The van der Waals surface area contributed by atoms with Crippen LogP contribution in [0.3, 0.4) is 0 Å². The summed E-state index contributed by atoms with van der Waals surface area (Å²) in [5.41, 5.74) is 5.90. The van der Waals surface area contributed by atoms with Crippen LogP contribution in [0.4, 0.5) is 0 Å². The van der Waals surface area contributed by atoms with Crippen molar-refractivity contribution >= 4 is 0 Å². The Morgan fingerprint density at radius 3 is 2.29 bits per heavy atom. The lowest BCUT2D eigenvalue weighted by Gasteiger charge is -2.30. The molecule has 2 rings (SSSR count). The van der Waals surface area contributed by atoms with E-state index in [0.29, 0.717) is 6.04 Å². The number of nitrogens with one attached hydrogen (secondary N) is 1. The molecule has 0 amide bonds. The fourth-order valence-corrected chi connectivity index (χ4v) is 2.98. The molecule has 2 fully saturated rings. The van der Waals surface area contributed by atoms with Gasteiger partial charge in [0.1, 0.15) is 0 Å². The Balaban J connectivity index is 1.74. The molecular formula is C12H24N2. The van der Waals surface area contributed by atoms with E-state index in [1.807, 2.05) is 0 Å². The van der Waals surface area contributed by atoms with E-state index in [4.69, 9.17) is 5.73 Å². The summed E-state index contributed by atoms with van der Waals surface area (Å²) in [5.74, 6) is 0.894. The van der Waals surface area contributed by atoms with Gasteiger partial charge in [-0.05, 0) is 44.4 Å². The van der Waals surface area contributed by atoms with Gasteiger partial charge in [-0.1, -0.05) is 13.3 Å². The van der Waals surface area contributed by atoms with Crippen LogP contribution in [0.5, 0.6) is 0 Å². The fraction of sp³-hybridized carbons (Fsp3) is 1.00. The molecule has 0 aromatic heterocycles. The van der Waals surface area contributed by atoms with Crippen molar-refractivity contribution in [3.8, 4) is 0 Å². The first-order chi connectivity index (χ1) is 6.75. The monoisotopic (exact) mass is 196 g/mol. The van der Waals surface area contributed by atoms with Gasteiger partial charge in [0.25, 0.3) is 0 Å². The predicted molar refractivity (Wildman–Crippen MR) is 60.2 cm³/mol.